The first kappa shape index (κ1) is 14.6. The van der Waals surface area contributed by atoms with Crippen LogP contribution in [-0.4, -0.2) is 38.0 Å². The topological polar surface area (TPSA) is 67.1 Å². The van der Waals surface area contributed by atoms with Gasteiger partial charge < -0.3 is 10.0 Å². The average molecular weight is 329 g/mol. The Hall–Kier alpha value is -1.99. The van der Waals surface area contributed by atoms with E-state index in [0.717, 1.165) is 36.2 Å². The standard InChI is InChI=1S/C16H19N5OS/c1-2-13-11-4-8-23-14(11)3-5-20(13)15-12-9-19-21(6-7-22)16(12)18-10-17-15/h4,8-10,13,22H,2-3,5-7H2,1H3. The quantitative estimate of drug-likeness (QED) is 0.796. The Morgan fingerprint density at radius 1 is 1.39 bits per heavy atom. The van der Waals surface area contributed by atoms with Gasteiger partial charge in [0.05, 0.1) is 30.8 Å². The first-order valence-corrected chi connectivity index (χ1v) is 8.81. The van der Waals surface area contributed by atoms with E-state index in [1.807, 2.05) is 17.5 Å². The predicted molar refractivity (Wildman–Crippen MR) is 90.8 cm³/mol. The molecule has 4 heterocycles. The van der Waals surface area contributed by atoms with Crippen molar-refractivity contribution >= 4 is 28.2 Å². The maximum absolute atomic E-state index is 9.17. The summed E-state index contributed by atoms with van der Waals surface area (Å²) in [6.45, 7) is 3.68. The summed E-state index contributed by atoms with van der Waals surface area (Å²) in [5.41, 5.74) is 2.22. The van der Waals surface area contributed by atoms with E-state index in [0.29, 0.717) is 12.6 Å². The van der Waals surface area contributed by atoms with E-state index < -0.39 is 0 Å². The number of thiophene rings is 1. The van der Waals surface area contributed by atoms with Crippen LogP contribution in [0.4, 0.5) is 5.82 Å². The molecule has 0 saturated heterocycles. The molecular weight excluding hydrogens is 310 g/mol. The van der Waals surface area contributed by atoms with E-state index in [-0.39, 0.29) is 6.61 Å². The molecule has 3 aromatic heterocycles. The van der Waals surface area contributed by atoms with Gasteiger partial charge in [0.15, 0.2) is 5.65 Å². The van der Waals surface area contributed by atoms with E-state index in [1.54, 1.807) is 11.0 Å². The summed E-state index contributed by atoms with van der Waals surface area (Å²) < 4.78 is 1.74. The highest BCUT2D eigenvalue weighted by atomic mass is 32.1. The Bertz CT molecular complexity index is 827. The smallest absolute Gasteiger partial charge is 0.163 e. The second kappa shape index (κ2) is 5.90. The molecule has 1 aliphatic heterocycles. The van der Waals surface area contributed by atoms with Crippen LogP contribution in [0.1, 0.15) is 29.8 Å². The van der Waals surface area contributed by atoms with Crippen LogP contribution in [0.15, 0.2) is 24.0 Å². The maximum atomic E-state index is 9.17. The number of hydrogen-bond donors (Lipinski definition) is 1. The van der Waals surface area contributed by atoms with Crippen molar-refractivity contribution < 1.29 is 5.11 Å². The minimum atomic E-state index is 0.0513. The highest BCUT2D eigenvalue weighted by molar-refractivity contribution is 7.10. The highest BCUT2D eigenvalue weighted by Gasteiger charge is 2.29. The zero-order valence-corrected chi connectivity index (χ0v) is 13.8. The van der Waals surface area contributed by atoms with Crippen LogP contribution in [0.3, 0.4) is 0 Å². The predicted octanol–water partition coefficient (Wildman–Crippen LogP) is 2.39. The first-order valence-electron chi connectivity index (χ1n) is 7.93. The molecule has 0 bridgehead atoms. The molecule has 0 aliphatic carbocycles. The lowest BCUT2D eigenvalue weighted by Gasteiger charge is -2.36. The number of anilines is 1. The first-order chi connectivity index (χ1) is 11.3. The van der Waals surface area contributed by atoms with Gasteiger partial charge in [-0.3, -0.25) is 0 Å². The lowest BCUT2D eigenvalue weighted by atomic mass is 9.97. The van der Waals surface area contributed by atoms with Crippen molar-refractivity contribution in [2.75, 3.05) is 18.1 Å². The minimum Gasteiger partial charge on any atom is -0.394 e. The Kier molecular flexibility index (Phi) is 3.74. The second-order valence-corrected chi connectivity index (χ2v) is 6.69. The molecule has 0 amide bonds. The Labute approximate surface area is 138 Å². The van der Waals surface area contributed by atoms with Crippen LogP contribution >= 0.6 is 11.3 Å². The van der Waals surface area contributed by atoms with Crippen molar-refractivity contribution in [2.24, 2.45) is 0 Å². The number of aliphatic hydroxyl groups is 1. The molecule has 0 radical (unpaired) electrons. The van der Waals surface area contributed by atoms with Crippen LogP contribution in [0, 0.1) is 0 Å². The number of hydrogen-bond acceptors (Lipinski definition) is 6. The molecule has 120 valence electrons. The van der Waals surface area contributed by atoms with Gasteiger partial charge in [-0.05, 0) is 29.9 Å². The zero-order valence-electron chi connectivity index (χ0n) is 13.0. The molecule has 1 unspecified atom stereocenters. The number of aliphatic hydroxyl groups excluding tert-OH is 1. The lowest BCUT2D eigenvalue weighted by Crippen LogP contribution is -2.35. The lowest BCUT2D eigenvalue weighted by molar-refractivity contribution is 0.271. The van der Waals surface area contributed by atoms with Crippen LogP contribution in [0.2, 0.25) is 0 Å². The molecule has 1 N–H and O–H groups in total. The Morgan fingerprint density at radius 3 is 3.13 bits per heavy atom. The third-order valence-corrected chi connectivity index (χ3v) is 5.47. The summed E-state index contributed by atoms with van der Waals surface area (Å²) >= 11 is 1.85. The number of rotatable bonds is 4. The molecule has 1 atom stereocenters. The number of aromatic nitrogens is 4. The van der Waals surface area contributed by atoms with Gasteiger partial charge in [0.25, 0.3) is 0 Å². The fourth-order valence-corrected chi connectivity index (χ4v) is 4.39. The molecule has 0 aromatic carbocycles. The van der Waals surface area contributed by atoms with Gasteiger partial charge in [-0.25, -0.2) is 14.6 Å². The van der Waals surface area contributed by atoms with Crippen molar-refractivity contribution in [3.05, 3.63) is 34.4 Å². The summed E-state index contributed by atoms with van der Waals surface area (Å²) in [6, 6.07) is 2.60. The second-order valence-electron chi connectivity index (χ2n) is 5.69. The van der Waals surface area contributed by atoms with E-state index >= 15 is 0 Å². The Balaban J connectivity index is 1.80. The average Bonchev–Trinajstić information content (AvgIpc) is 3.21. The molecule has 6 nitrogen and oxygen atoms in total. The van der Waals surface area contributed by atoms with Crippen molar-refractivity contribution in [3.63, 3.8) is 0 Å². The van der Waals surface area contributed by atoms with E-state index in [4.69, 9.17) is 5.11 Å². The van der Waals surface area contributed by atoms with Crippen LogP contribution in [0.25, 0.3) is 11.0 Å². The molecule has 23 heavy (non-hydrogen) atoms. The zero-order chi connectivity index (χ0) is 15.8. The normalized spacial score (nSPS) is 17.7. The van der Waals surface area contributed by atoms with Gasteiger partial charge in [0, 0.05) is 11.4 Å². The van der Waals surface area contributed by atoms with E-state index in [1.165, 1.54) is 10.4 Å². The van der Waals surface area contributed by atoms with Crippen molar-refractivity contribution in [1.29, 1.82) is 0 Å². The van der Waals surface area contributed by atoms with Gasteiger partial charge in [-0.2, -0.15) is 5.10 Å². The number of nitrogens with zero attached hydrogens (tertiary/aromatic N) is 5. The monoisotopic (exact) mass is 329 g/mol. The molecule has 7 heteroatoms. The summed E-state index contributed by atoms with van der Waals surface area (Å²) in [7, 11) is 0. The summed E-state index contributed by atoms with van der Waals surface area (Å²) in [6.07, 6.45) is 5.51. The molecule has 0 saturated carbocycles. The number of fused-ring (bicyclic) bond motifs is 2. The van der Waals surface area contributed by atoms with Crippen LogP contribution in [-0.2, 0) is 13.0 Å². The molecule has 3 aromatic rings. The summed E-state index contributed by atoms with van der Waals surface area (Å²) in [5.74, 6) is 0.947. The molecule has 1 aliphatic rings. The van der Waals surface area contributed by atoms with Crippen molar-refractivity contribution in [2.45, 2.75) is 32.4 Å². The van der Waals surface area contributed by atoms with Crippen LogP contribution in [0.5, 0.6) is 0 Å². The fourth-order valence-electron chi connectivity index (χ4n) is 3.46. The van der Waals surface area contributed by atoms with E-state index in [2.05, 4.69) is 38.3 Å². The van der Waals surface area contributed by atoms with Crippen molar-refractivity contribution in [1.82, 2.24) is 19.7 Å². The molecule has 0 spiro atoms. The van der Waals surface area contributed by atoms with Crippen LogP contribution < -0.4 is 4.90 Å². The largest absolute Gasteiger partial charge is 0.394 e. The van der Waals surface area contributed by atoms with Crippen molar-refractivity contribution in [3.8, 4) is 0 Å². The van der Waals surface area contributed by atoms with Gasteiger partial charge >= 0.3 is 0 Å². The highest BCUT2D eigenvalue weighted by Crippen LogP contribution is 2.39. The fraction of sp³-hybridized carbons (Fsp3) is 0.438. The Morgan fingerprint density at radius 2 is 2.30 bits per heavy atom. The third-order valence-electron chi connectivity index (χ3n) is 4.48. The molecule has 4 rings (SSSR count). The summed E-state index contributed by atoms with van der Waals surface area (Å²) in [4.78, 5) is 12.8. The molecule has 0 fully saturated rings. The van der Waals surface area contributed by atoms with Gasteiger partial charge in [-0.15, -0.1) is 11.3 Å². The molecular formula is C16H19N5OS. The van der Waals surface area contributed by atoms with E-state index in [9.17, 15) is 0 Å². The third kappa shape index (κ3) is 2.31. The minimum absolute atomic E-state index is 0.0513. The van der Waals surface area contributed by atoms with Gasteiger partial charge in [0.2, 0.25) is 0 Å². The van der Waals surface area contributed by atoms with Gasteiger partial charge in [-0.1, -0.05) is 6.92 Å². The SMILES string of the molecule is CCC1c2ccsc2CCN1c1ncnc2c1cnn2CCO. The maximum Gasteiger partial charge on any atom is 0.163 e. The summed E-state index contributed by atoms with van der Waals surface area (Å²) in [5, 5.41) is 16.7. The van der Waals surface area contributed by atoms with Gasteiger partial charge in [0.1, 0.15) is 12.1 Å².